The molecular weight excluding hydrogens is 320 g/mol. The number of anilines is 1. The van der Waals surface area contributed by atoms with Crippen molar-refractivity contribution in [2.24, 2.45) is 0 Å². The van der Waals surface area contributed by atoms with Crippen LogP contribution in [0.4, 0.5) is 5.69 Å². The highest BCUT2D eigenvalue weighted by atomic mass is 16.5. The Kier molecular flexibility index (Phi) is 3.46. The predicted octanol–water partition coefficient (Wildman–Crippen LogP) is 2.38. The van der Waals surface area contributed by atoms with Gasteiger partial charge in [0.05, 0.1) is 12.1 Å². The molecule has 1 N–H and O–H groups in total. The van der Waals surface area contributed by atoms with Crippen LogP contribution in [0.25, 0.3) is 10.9 Å². The first-order valence-electron chi connectivity index (χ1n) is 7.94. The Morgan fingerprint density at radius 3 is 2.68 bits per heavy atom. The summed E-state index contributed by atoms with van der Waals surface area (Å²) in [7, 11) is 1.58. The van der Waals surface area contributed by atoms with Crippen LogP contribution in [-0.4, -0.2) is 29.2 Å². The minimum Gasteiger partial charge on any atom is -0.506 e. The molecule has 0 bridgehead atoms. The van der Waals surface area contributed by atoms with Gasteiger partial charge in [-0.3, -0.25) is 9.59 Å². The molecule has 2 heterocycles. The first-order chi connectivity index (χ1) is 12.1. The van der Waals surface area contributed by atoms with Gasteiger partial charge < -0.3 is 19.3 Å². The van der Waals surface area contributed by atoms with Crippen LogP contribution in [0.1, 0.15) is 10.4 Å². The Hall–Kier alpha value is -3.28. The number of hydrogen-bond donors (Lipinski definition) is 1. The van der Waals surface area contributed by atoms with E-state index in [0.717, 1.165) is 0 Å². The van der Waals surface area contributed by atoms with Crippen LogP contribution in [-0.2, 0) is 6.54 Å². The minimum atomic E-state index is -0.545. The zero-order valence-corrected chi connectivity index (χ0v) is 13.6. The molecule has 0 unspecified atom stereocenters. The number of aromatic hydroxyl groups is 1. The number of rotatable bonds is 2. The SMILES string of the molecule is CN(C(=O)c1c(O)c2cccc3c2n(c1=O)CCO3)c1ccccc1. The van der Waals surface area contributed by atoms with Crippen molar-refractivity contribution in [2.75, 3.05) is 18.6 Å². The van der Waals surface area contributed by atoms with Gasteiger partial charge in [0.25, 0.3) is 11.5 Å². The Morgan fingerprint density at radius 1 is 1.16 bits per heavy atom. The average molecular weight is 336 g/mol. The number of aromatic nitrogens is 1. The van der Waals surface area contributed by atoms with Crippen LogP contribution in [0.5, 0.6) is 11.5 Å². The quantitative estimate of drug-likeness (QED) is 0.780. The van der Waals surface area contributed by atoms with Crippen LogP contribution in [0, 0.1) is 0 Å². The largest absolute Gasteiger partial charge is 0.506 e. The van der Waals surface area contributed by atoms with Crippen molar-refractivity contribution in [1.82, 2.24) is 4.57 Å². The fourth-order valence-corrected chi connectivity index (χ4v) is 3.17. The second-order valence-corrected chi connectivity index (χ2v) is 5.88. The van der Waals surface area contributed by atoms with Crippen molar-refractivity contribution in [1.29, 1.82) is 0 Å². The molecule has 0 aliphatic carbocycles. The zero-order chi connectivity index (χ0) is 17.6. The number of carbonyl (C=O) groups is 1. The van der Waals surface area contributed by atoms with E-state index in [0.29, 0.717) is 35.5 Å². The van der Waals surface area contributed by atoms with Crippen molar-refractivity contribution in [2.45, 2.75) is 6.54 Å². The molecule has 3 aromatic rings. The van der Waals surface area contributed by atoms with Gasteiger partial charge in [-0.05, 0) is 24.3 Å². The molecule has 0 saturated carbocycles. The summed E-state index contributed by atoms with van der Waals surface area (Å²) in [5.41, 5.74) is 0.434. The summed E-state index contributed by atoms with van der Waals surface area (Å²) in [4.78, 5) is 27.2. The number of pyridine rings is 1. The molecule has 0 fully saturated rings. The van der Waals surface area contributed by atoms with E-state index in [4.69, 9.17) is 4.74 Å². The van der Waals surface area contributed by atoms with Gasteiger partial charge in [-0.2, -0.15) is 0 Å². The highest BCUT2D eigenvalue weighted by Gasteiger charge is 2.27. The second kappa shape index (κ2) is 5.66. The maximum absolute atomic E-state index is 12.9. The molecule has 1 aliphatic heterocycles. The second-order valence-electron chi connectivity index (χ2n) is 5.88. The summed E-state index contributed by atoms with van der Waals surface area (Å²) in [6.07, 6.45) is 0. The topological polar surface area (TPSA) is 71.8 Å². The zero-order valence-electron chi connectivity index (χ0n) is 13.6. The van der Waals surface area contributed by atoms with Gasteiger partial charge in [0, 0.05) is 18.1 Å². The van der Waals surface area contributed by atoms with Crippen molar-refractivity contribution in [3.8, 4) is 11.5 Å². The molecule has 0 radical (unpaired) electrons. The van der Waals surface area contributed by atoms with E-state index in [-0.39, 0.29) is 11.3 Å². The Labute approximate surface area is 143 Å². The van der Waals surface area contributed by atoms with Gasteiger partial charge in [-0.1, -0.05) is 24.3 Å². The monoisotopic (exact) mass is 336 g/mol. The maximum Gasteiger partial charge on any atom is 0.267 e. The van der Waals surface area contributed by atoms with Gasteiger partial charge in [0.1, 0.15) is 23.7 Å². The third-order valence-corrected chi connectivity index (χ3v) is 4.45. The lowest BCUT2D eigenvalue weighted by Gasteiger charge is -2.23. The van der Waals surface area contributed by atoms with Crippen molar-refractivity contribution < 1.29 is 14.6 Å². The van der Waals surface area contributed by atoms with Crippen LogP contribution >= 0.6 is 0 Å². The van der Waals surface area contributed by atoms with E-state index < -0.39 is 11.5 Å². The van der Waals surface area contributed by atoms with E-state index in [1.165, 1.54) is 9.47 Å². The van der Waals surface area contributed by atoms with Crippen molar-refractivity contribution in [3.05, 3.63) is 64.4 Å². The molecular formula is C19H16N2O4. The molecule has 4 rings (SSSR count). The lowest BCUT2D eigenvalue weighted by atomic mass is 10.1. The Bertz CT molecular complexity index is 1040. The summed E-state index contributed by atoms with van der Waals surface area (Å²) in [5, 5.41) is 11.1. The van der Waals surface area contributed by atoms with E-state index in [1.807, 2.05) is 6.07 Å². The molecule has 1 aliphatic rings. The fourth-order valence-electron chi connectivity index (χ4n) is 3.17. The van der Waals surface area contributed by atoms with Crippen LogP contribution in [0.15, 0.2) is 53.3 Å². The summed E-state index contributed by atoms with van der Waals surface area (Å²) in [6, 6.07) is 14.1. The first-order valence-corrected chi connectivity index (χ1v) is 7.94. The number of hydrogen-bond acceptors (Lipinski definition) is 4. The number of amides is 1. The van der Waals surface area contributed by atoms with E-state index in [1.54, 1.807) is 49.5 Å². The summed E-state index contributed by atoms with van der Waals surface area (Å²) < 4.78 is 7.06. The summed E-state index contributed by atoms with van der Waals surface area (Å²) in [5.74, 6) is -0.320. The van der Waals surface area contributed by atoms with Gasteiger partial charge in [0.2, 0.25) is 0 Å². The highest BCUT2D eigenvalue weighted by Crippen LogP contribution is 2.34. The third kappa shape index (κ3) is 2.26. The molecule has 2 aromatic carbocycles. The predicted molar refractivity (Wildman–Crippen MR) is 94.5 cm³/mol. The Balaban J connectivity index is 1.94. The molecule has 126 valence electrons. The van der Waals surface area contributed by atoms with E-state index >= 15 is 0 Å². The van der Waals surface area contributed by atoms with Gasteiger partial charge in [-0.25, -0.2) is 0 Å². The van der Waals surface area contributed by atoms with Crippen LogP contribution in [0.3, 0.4) is 0 Å². The molecule has 0 atom stereocenters. The molecule has 1 amide bonds. The van der Waals surface area contributed by atoms with E-state index in [2.05, 4.69) is 0 Å². The number of ether oxygens (including phenoxy) is 1. The summed E-state index contributed by atoms with van der Waals surface area (Å²) >= 11 is 0. The van der Waals surface area contributed by atoms with Gasteiger partial charge in [-0.15, -0.1) is 0 Å². The smallest absolute Gasteiger partial charge is 0.267 e. The molecule has 6 heteroatoms. The van der Waals surface area contributed by atoms with Gasteiger partial charge in [0.15, 0.2) is 0 Å². The number of nitrogens with zero attached hydrogens (tertiary/aromatic N) is 2. The van der Waals surface area contributed by atoms with Crippen molar-refractivity contribution >= 4 is 22.5 Å². The lowest BCUT2D eigenvalue weighted by molar-refractivity contribution is 0.0988. The number of benzene rings is 2. The molecule has 1 aromatic heterocycles. The highest BCUT2D eigenvalue weighted by molar-refractivity contribution is 6.10. The Morgan fingerprint density at radius 2 is 1.92 bits per heavy atom. The minimum absolute atomic E-state index is 0.224. The molecule has 6 nitrogen and oxygen atoms in total. The lowest BCUT2D eigenvalue weighted by Crippen LogP contribution is -2.36. The number of carbonyl (C=O) groups excluding carboxylic acids is 1. The fraction of sp³-hybridized carbons (Fsp3) is 0.158. The molecule has 0 saturated heterocycles. The molecule has 25 heavy (non-hydrogen) atoms. The third-order valence-electron chi connectivity index (χ3n) is 4.45. The summed E-state index contributed by atoms with van der Waals surface area (Å²) in [6.45, 7) is 0.681. The normalized spacial score (nSPS) is 12.7. The average Bonchev–Trinajstić information content (AvgIpc) is 2.66. The van der Waals surface area contributed by atoms with E-state index in [9.17, 15) is 14.7 Å². The number of para-hydroxylation sites is 2. The first kappa shape index (κ1) is 15.3. The molecule has 0 spiro atoms. The van der Waals surface area contributed by atoms with Crippen LogP contribution in [0.2, 0.25) is 0 Å². The standard InChI is InChI=1S/C19H16N2O4/c1-20(12-6-3-2-4-7-12)18(23)15-17(22)13-8-5-9-14-16(13)21(19(15)24)10-11-25-14/h2-9,22H,10-11H2,1H3. The van der Waals surface area contributed by atoms with Crippen LogP contribution < -0.4 is 15.2 Å². The van der Waals surface area contributed by atoms with Gasteiger partial charge >= 0.3 is 0 Å². The maximum atomic E-state index is 12.9. The van der Waals surface area contributed by atoms with Crippen molar-refractivity contribution in [3.63, 3.8) is 0 Å².